The van der Waals surface area contributed by atoms with Gasteiger partial charge in [-0.05, 0) is 54.8 Å². The van der Waals surface area contributed by atoms with Crippen molar-refractivity contribution < 1.29 is 27.1 Å². The maximum absolute atomic E-state index is 14.3. The number of anilines is 1. The van der Waals surface area contributed by atoms with Crippen LogP contribution in [0.25, 0.3) is 11.3 Å². The highest BCUT2D eigenvalue weighted by atomic mass is 79.9. The van der Waals surface area contributed by atoms with Crippen LogP contribution in [-0.2, 0) is 25.0 Å². The molecule has 0 radical (unpaired) electrons. The number of benzene rings is 1. The van der Waals surface area contributed by atoms with E-state index in [1.54, 1.807) is 39.9 Å². The molecule has 3 aromatic rings. The summed E-state index contributed by atoms with van der Waals surface area (Å²) < 4.78 is 61.4. The van der Waals surface area contributed by atoms with Gasteiger partial charge in [-0.1, -0.05) is 30.9 Å². The van der Waals surface area contributed by atoms with Gasteiger partial charge in [0.15, 0.2) is 5.69 Å². The second-order valence-corrected chi connectivity index (χ2v) is 11.7. The van der Waals surface area contributed by atoms with Gasteiger partial charge in [0.05, 0.1) is 21.2 Å². The van der Waals surface area contributed by atoms with E-state index in [0.717, 1.165) is 44.9 Å². The average molecular weight is 696 g/mol. The first-order valence-corrected chi connectivity index (χ1v) is 14.5. The van der Waals surface area contributed by atoms with Crippen LogP contribution in [0.5, 0.6) is 0 Å². The third-order valence-corrected chi connectivity index (χ3v) is 7.73. The molecule has 236 valence electrons. The topological polar surface area (TPSA) is 104 Å². The van der Waals surface area contributed by atoms with Crippen LogP contribution in [0.4, 0.5) is 23.5 Å². The molecule has 1 aliphatic carbocycles. The normalized spacial score (nSPS) is 14.0. The Bertz CT molecular complexity index is 1610. The van der Waals surface area contributed by atoms with Crippen molar-refractivity contribution >= 4 is 39.4 Å². The van der Waals surface area contributed by atoms with E-state index in [9.17, 15) is 31.9 Å². The number of carbonyl (C=O) groups is 1. The zero-order valence-electron chi connectivity index (χ0n) is 24.4. The molecule has 0 aliphatic heterocycles. The van der Waals surface area contributed by atoms with Crippen LogP contribution in [0.2, 0.25) is 5.02 Å². The van der Waals surface area contributed by atoms with E-state index < -0.39 is 39.9 Å². The monoisotopic (exact) mass is 694 g/mol. The molecule has 0 unspecified atom stereocenters. The minimum atomic E-state index is -4.69. The summed E-state index contributed by atoms with van der Waals surface area (Å²) in [7, 11) is 6.28. The summed E-state index contributed by atoms with van der Waals surface area (Å²) in [4.78, 5) is 42.0. The fraction of sp³-hybridized carbons (Fsp3) is 0.519. The van der Waals surface area contributed by atoms with E-state index in [0.29, 0.717) is 10.6 Å². The lowest BCUT2D eigenvalue weighted by Crippen LogP contribution is -2.45. The first-order valence-electron chi connectivity index (χ1n) is 13.3. The van der Waals surface area contributed by atoms with Crippen molar-refractivity contribution in [3.05, 3.63) is 59.7 Å². The van der Waals surface area contributed by atoms with Crippen LogP contribution in [0.1, 0.15) is 68.0 Å². The Balaban J connectivity index is 0.000000248. The maximum Gasteiger partial charge on any atom is 0.434 e. The van der Waals surface area contributed by atoms with Crippen LogP contribution in [0, 0.1) is 5.82 Å². The molecule has 2 aromatic heterocycles. The second-order valence-electron chi connectivity index (χ2n) is 10.5. The maximum atomic E-state index is 14.3. The first-order chi connectivity index (χ1) is 19.9. The predicted octanol–water partition coefficient (Wildman–Crippen LogP) is 5.74. The summed E-state index contributed by atoms with van der Waals surface area (Å²) in [6.07, 6.45) is 0.00731. The Morgan fingerprint density at radius 1 is 1.14 bits per heavy atom. The van der Waals surface area contributed by atoms with Crippen molar-refractivity contribution in [3.8, 4) is 11.3 Å². The predicted molar refractivity (Wildman–Crippen MR) is 157 cm³/mol. The molecule has 10 nitrogen and oxygen atoms in total. The molecule has 0 bridgehead atoms. The van der Waals surface area contributed by atoms with Crippen molar-refractivity contribution in [2.45, 2.75) is 64.3 Å². The summed E-state index contributed by atoms with van der Waals surface area (Å²) >= 11 is 8.67. The highest BCUT2D eigenvalue weighted by Gasteiger charge is 2.39. The van der Waals surface area contributed by atoms with Gasteiger partial charge in [-0.2, -0.15) is 23.3 Å². The molecule has 43 heavy (non-hydrogen) atoms. The molecule has 1 aliphatic rings. The van der Waals surface area contributed by atoms with Gasteiger partial charge < -0.3 is 9.64 Å². The van der Waals surface area contributed by atoms with Gasteiger partial charge in [0.2, 0.25) is 5.95 Å². The Hall–Kier alpha value is -3.20. The minimum Gasteiger partial charge on any atom is -0.459 e. The number of halogens is 6. The van der Waals surface area contributed by atoms with Gasteiger partial charge in [-0.25, -0.2) is 23.3 Å². The lowest BCUT2D eigenvalue weighted by atomic mass is 9.95. The number of alkyl halides is 3. The van der Waals surface area contributed by atoms with Crippen LogP contribution in [-0.4, -0.2) is 50.1 Å². The summed E-state index contributed by atoms with van der Waals surface area (Å²) in [6.45, 7) is 3.22. The van der Waals surface area contributed by atoms with E-state index in [4.69, 9.17) is 16.3 Å². The summed E-state index contributed by atoms with van der Waals surface area (Å²) in [5.41, 5.74) is -2.54. The van der Waals surface area contributed by atoms with Crippen molar-refractivity contribution in [3.63, 3.8) is 0 Å². The lowest BCUT2D eigenvalue weighted by molar-refractivity contribution is -0.144. The van der Waals surface area contributed by atoms with Gasteiger partial charge >= 0.3 is 23.5 Å². The van der Waals surface area contributed by atoms with Crippen LogP contribution in [0.3, 0.4) is 0 Å². The molecule has 0 atom stereocenters. The zero-order chi connectivity index (χ0) is 32.4. The molecule has 0 spiro atoms. The third-order valence-electron chi connectivity index (χ3n) is 6.67. The average Bonchev–Trinajstić information content (AvgIpc) is 3.20. The highest BCUT2D eigenvalue weighted by Crippen LogP contribution is 2.41. The first kappa shape index (κ1) is 34.3. The molecule has 0 amide bonds. The molecule has 16 heteroatoms. The van der Waals surface area contributed by atoms with Gasteiger partial charge in [0, 0.05) is 39.8 Å². The number of carbonyl (C=O) groups excluding carboxylic acids is 1. The van der Waals surface area contributed by atoms with E-state index >= 15 is 0 Å². The SMILES string of the molecule is CC(C)OC(=O)c1cc(-c2nn(C)c(C(F)(F)F)c2Br)c(F)cc1Cl.CN(C)c1nc(=O)n(C2CCCCC2)c(=O)n1C. The van der Waals surface area contributed by atoms with Crippen molar-refractivity contribution in [2.24, 2.45) is 14.1 Å². The molecular formula is C27H32BrClF4N6O4. The lowest BCUT2D eigenvalue weighted by Gasteiger charge is -2.24. The van der Waals surface area contributed by atoms with E-state index in [1.165, 1.54) is 15.6 Å². The number of aryl methyl sites for hydroxylation is 1. The Kier molecular flexibility index (Phi) is 10.9. The van der Waals surface area contributed by atoms with Gasteiger partial charge in [0.25, 0.3) is 0 Å². The third kappa shape index (κ3) is 7.66. The molecule has 0 saturated heterocycles. The van der Waals surface area contributed by atoms with Gasteiger partial charge in [0.1, 0.15) is 11.5 Å². The molecule has 2 heterocycles. The number of hydrogen-bond acceptors (Lipinski definition) is 7. The van der Waals surface area contributed by atoms with Crippen molar-refractivity contribution in [1.82, 2.24) is 23.9 Å². The second kappa shape index (κ2) is 13.6. The Morgan fingerprint density at radius 2 is 1.74 bits per heavy atom. The fourth-order valence-electron chi connectivity index (χ4n) is 4.74. The Morgan fingerprint density at radius 3 is 2.26 bits per heavy atom. The molecule has 1 saturated carbocycles. The quantitative estimate of drug-likeness (QED) is 0.248. The van der Waals surface area contributed by atoms with Crippen LogP contribution in [0.15, 0.2) is 26.2 Å². The zero-order valence-corrected chi connectivity index (χ0v) is 26.8. The molecule has 1 fully saturated rings. The summed E-state index contributed by atoms with van der Waals surface area (Å²) in [5.74, 6) is -1.33. The molecule has 1 aromatic carbocycles. The number of aromatic nitrogens is 5. The summed E-state index contributed by atoms with van der Waals surface area (Å²) in [6, 6.07) is 1.88. The number of rotatable bonds is 5. The minimum absolute atomic E-state index is 0.0219. The molecule has 4 rings (SSSR count). The van der Waals surface area contributed by atoms with Gasteiger partial charge in [-0.15, -0.1) is 0 Å². The number of ether oxygens (including phenoxy) is 1. The number of nitrogens with zero attached hydrogens (tertiary/aromatic N) is 6. The van der Waals surface area contributed by atoms with Gasteiger partial charge in [-0.3, -0.25) is 9.25 Å². The highest BCUT2D eigenvalue weighted by molar-refractivity contribution is 9.10. The molecule has 0 N–H and O–H groups in total. The largest absolute Gasteiger partial charge is 0.459 e. The molecular weight excluding hydrogens is 664 g/mol. The smallest absolute Gasteiger partial charge is 0.434 e. The fourth-order valence-corrected chi connectivity index (χ4v) is 5.74. The van der Waals surface area contributed by atoms with E-state index in [1.807, 2.05) is 0 Å². The van der Waals surface area contributed by atoms with E-state index in [2.05, 4.69) is 26.0 Å². The number of esters is 1. The van der Waals surface area contributed by atoms with Crippen molar-refractivity contribution in [2.75, 3.05) is 19.0 Å². The van der Waals surface area contributed by atoms with Crippen molar-refractivity contribution in [1.29, 1.82) is 0 Å². The summed E-state index contributed by atoms with van der Waals surface area (Å²) in [5, 5.41) is 3.50. The number of hydrogen-bond donors (Lipinski definition) is 0. The van der Waals surface area contributed by atoms with Crippen LogP contribution >= 0.6 is 27.5 Å². The van der Waals surface area contributed by atoms with Crippen LogP contribution < -0.4 is 16.3 Å². The standard InChI is InChI=1S/C15H12BrClF4N2O2.C12H20N4O2/c1-6(2)25-14(24)7-4-8(10(18)5-9(7)17)12-11(16)13(15(19,20)21)23(3)22-12;1-14(2)10-13-11(17)16(12(18)15(10)3)9-7-5-4-6-8-9/h4-6H,1-3H3;9H,4-8H2,1-3H3. The van der Waals surface area contributed by atoms with E-state index in [-0.39, 0.29) is 33.6 Å². The Labute approximate surface area is 258 Å².